The molecule has 0 aliphatic carbocycles. The molecule has 4 heavy (non-hydrogen) atoms. The standard InChI is InChI=1S/Al.ClH.Mg.H2O.4H/h;1H;;1H2;;;;/q;;+2;;;;2*-1. The van der Waals surface area contributed by atoms with Gasteiger partial charge >= 0.3 is 23.1 Å². The Morgan fingerprint density at radius 3 is 1.25 bits per heavy atom. The van der Waals surface area contributed by atoms with Gasteiger partial charge in [0.2, 0.25) is 0 Å². The topological polar surface area (TPSA) is 31.5 Å². The minimum atomic E-state index is 0. The van der Waals surface area contributed by atoms with Crippen LogP contribution in [-0.4, -0.2) is 45.9 Å². The van der Waals surface area contributed by atoms with Gasteiger partial charge in [0.05, 0.1) is 0 Å². The monoisotopic (exact) mass is 109 g/mol. The Morgan fingerprint density at radius 1 is 1.25 bits per heavy atom. The third-order valence-electron chi connectivity index (χ3n) is 0. The van der Waals surface area contributed by atoms with Crippen LogP contribution in [0.4, 0.5) is 0 Å². The molecule has 0 aromatic rings. The Morgan fingerprint density at radius 2 is 1.25 bits per heavy atom. The molecule has 0 unspecified atom stereocenters. The molecule has 0 aliphatic rings. The minimum absolute atomic E-state index is 0. The van der Waals surface area contributed by atoms with Crippen LogP contribution < -0.4 is 0 Å². The van der Waals surface area contributed by atoms with Crippen LogP contribution in [0.3, 0.4) is 0 Å². The summed E-state index contributed by atoms with van der Waals surface area (Å²) in [7, 11) is 0. The van der Waals surface area contributed by atoms with E-state index in [2.05, 4.69) is 0 Å². The van der Waals surface area contributed by atoms with Gasteiger partial charge < -0.3 is 8.33 Å². The van der Waals surface area contributed by atoms with Crippen LogP contribution in [-0.2, 0) is 0 Å². The second-order valence-electron chi connectivity index (χ2n) is 0. The average molecular weight is 110 g/mol. The predicted octanol–water partition coefficient (Wildman–Crippen LogP) is -1.47. The molecule has 0 aromatic heterocycles. The van der Waals surface area contributed by atoms with Gasteiger partial charge in [0.1, 0.15) is 17.4 Å². The number of hydrogen-bond acceptors (Lipinski definition) is 0. The van der Waals surface area contributed by atoms with Crippen molar-refractivity contribution in [3.8, 4) is 0 Å². The van der Waals surface area contributed by atoms with Crippen LogP contribution in [0, 0.1) is 0 Å². The van der Waals surface area contributed by atoms with E-state index in [1.165, 1.54) is 0 Å². The Hall–Kier alpha value is 1.55. The Balaban J connectivity index is 0. The van der Waals surface area contributed by atoms with Gasteiger partial charge in [0.25, 0.3) is 0 Å². The first-order valence-electron chi connectivity index (χ1n) is 0. The molecule has 2 N–H and O–H groups in total. The second kappa shape index (κ2) is 23.9. The van der Waals surface area contributed by atoms with E-state index in [1.807, 2.05) is 0 Å². The third kappa shape index (κ3) is 9.61. The van der Waals surface area contributed by atoms with E-state index in [0.717, 1.165) is 0 Å². The van der Waals surface area contributed by atoms with Crippen molar-refractivity contribution >= 4 is 52.8 Å². The van der Waals surface area contributed by atoms with Crippen molar-refractivity contribution in [1.82, 2.24) is 0 Å². The molecule has 25 valence electrons. The molecule has 0 bridgehead atoms. The zero-order valence-corrected chi connectivity index (χ0v) is 6.85. The van der Waals surface area contributed by atoms with Gasteiger partial charge in [-0.2, -0.15) is 0 Å². The summed E-state index contributed by atoms with van der Waals surface area (Å²) in [6.07, 6.45) is 0. The normalized spacial score (nSPS) is 0. The maximum Gasteiger partial charge on any atom is 2.00 e. The van der Waals surface area contributed by atoms with E-state index in [9.17, 15) is 0 Å². The van der Waals surface area contributed by atoms with Crippen molar-refractivity contribution in [3.05, 3.63) is 0 Å². The van der Waals surface area contributed by atoms with Crippen LogP contribution in [0.15, 0.2) is 0 Å². The fourth-order valence-corrected chi connectivity index (χ4v) is 0. The van der Waals surface area contributed by atoms with Gasteiger partial charge in [-0.3, -0.25) is 0 Å². The summed E-state index contributed by atoms with van der Waals surface area (Å²) in [6.45, 7) is 0. The van der Waals surface area contributed by atoms with Crippen molar-refractivity contribution in [3.63, 3.8) is 0 Å². The summed E-state index contributed by atoms with van der Waals surface area (Å²) < 4.78 is 0. The molecule has 1 nitrogen and oxygen atoms in total. The number of rotatable bonds is 0. The maximum absolute atomic E-state index is 0. The van der Waals surface area contributed by atoms with Crippen LogP contribution in [0.25, 0.3) is 0 Å². The molecule has 0 saturated heterocycles. The molecule has 0 aromatic carbocycles. The predicted molar refractivity (Wildman–Crippen MR) is 27.4 cm³/mol. The van der Waals surface area contributed by atoms with Gasteiger partial charge in [-0.1, -0.05) is 0 Å². The van der Waals surface area contributed by atoms with Crippen molar-refractivity contribution in [2.75, 3.05) is 0 Å². The second-order valence-corrected chi connectivity index (χ2v) is 0. The fourth-order valence-electron chi connectivity index (χ4n) is 0. The molecule has 0 atom stereocenters. The molecule has 0 heterocycles. The van der Waals surface area contributed by atoms with E-state index >= 15 is 0 Å². The van der Waals surface area contributed by atoms with E-state index in [-0.39, 0.29) is 61.2 Å². The SMILES string of the molecule is Cl.O.[AlH2].[H-].[H-].[Mg+2]. The van der Waals surface area contributed by atoms with Gasteiger partial charge in [0.15, 0.2) is 0 Å². The summed E-state index contributed by atoms with van der Waals surface area (Å²) in [4.78, 5) is 0. The van der Waals surface area contributed by atoms with Crippen molar-refractivity contribution < 1.29 is 8.33 Å². The summed E-state index contributed by atoms with van der Waals surface area (Å²) in [6, 6.07) is 0. The molecular formula is H7AlClMgO. The van der Waals surface area contributed by atoms with E-state index in [1.54, 1.807) is 0 Å². The quantitative estimate of drug-likeness (QED) is 0.340. The first-order valence-corrected chi connectivity index (χ1v) is 0. The molecule has 1 radical (unpaired) electrons. The smallest absolute Gasteiger partial charge is 1.00 e. The minimum Gasteiger partial charge on any atom is -1.00 e. The molecule has 4 heteroatoms. The first-order chi connectivity index (χ1) is 0. The summed E-state index contributed by atoms with van der Waals surface area (Å²) in [5.41, 5.74) is 0. The van der Waals surface area contributed by atoms with E-state index in [0.29, 0.717) is 0 Å². The van der Waals surface area contributed by atoms with E-state index < -0.39 is 0 Å². The summed E-state index contributed by atoms with van der Waals surface area (Å²) in [5.74, 6) is 0. The Labute approximate surface area is 61.1 Å². The first kappa shape index (κ1) is 47.9. The molecular weight excluding hydrogens is 103 g/mol. The van der Waals surface area contributed by atoms with Crippen LogP contribution in [0.1, 0.15) is 2.85 Å². The number of hydrogen-bond donors (Lipinski definition) is 0. The van der Waals surface area contributed by atoms with Gasteiger partial charge in [0, 0.05) is 0 Å². The Bertz CT molecular complexity index is 13.5. The van der Waals surface area contributed by atoms with Crippen LogP contribution in [0.5, 0.6) is 0 Å². The summed E-state index contributed by atoms with van der Waals surface area (Å²) >= 11 is 0. The molecule has 0 fully saturated rings. The van der Waals surface area contributed by atoms with Crippen LogP contribution in [0.2, 0.25) is 0 Å². The van der Waals surface area contributed by atoms with Crippen molar-refractivity contribution in [2.45, 2.75) is 0 Å². The molecule has 0 saturated carbocycles. The zero-order chi connectivity index (χ0) is 0. The maximum atomic E-state index is 0. The average Bonchev–Trinajstić information content (AvgIpc) is 0. The fraction of sp³-hybridized carbons (Fsp3) is 0. The largest absolute Gasteiger partial charge is 2.00 e. The Kier molecular flexibility index (Phi) is 286. The molecule has 0 spiro atoms. The molecule has 0 rings (SSSR count). The summed E-state index contributed by atoms with van der Waals surface area (Å²) in [5, 5.41) is 0. The van der Waals surface area contributed by atoms with E-state index in [4.69, 9.17) is 0 Å². The van der Waals surface area contributed by atoms with Crippen molar-refractivity contribution in [2.24, 2.45) is 0 Å². The van der Waals surface area contributed by atoms with Gasteiger partial charge in [-0.05, 0) is 0 Å². The van der Waals surface area contributed by atoms with Gasteiger partial charge in [-0.15, -0.1) is 12.4 Å². The zero-order valence-electron chi connectivity index (χ0n) is 4.62. The molecule has 0 aliphatic heterocycles. The van der Waals surface area contributed by atoms with Gasteiger partial charge in [-0.25, -0.2) is 0 Å². The third-order valence-corrected chi connectivity index (χ3v) is 0. The van der Waals surface area contributed by atoms with Crippen molar-refractivity contribution in [1.29, 1.82) is 0 Å². The molecule has 0 amide bonds. The van der Waals surface area contributed by atoms with Crippen LogP contribution >= 0.6 is 12.4 Å². The number of halogens is 1.